The first-order valence-corrected chi connectivity index (χ1v) is 20.3. The SMILES string of the molecule is CCOC(=O)CCN.CCOC(=O)CCNCC(=O)N1CCc2c(C)nn(Cc3ccc(F)cc3)c2C1.Cc1nn(Cc2ccc(F)cc2)c2c1CCN(C(=O)CCl)C2. The van der Waals surface area contributed by atoms with Gasteiger partial charge in [0.05, 0.1) is 81.6 Å². The summed E-state index contributed by atoms with van der Waals surface area (Å²) in [4.78, 5) is 49.6. The van der Waals surface area contributed by atoms with Crippen molar-refractivity contribution in [3.05, 3.63) is 105 Å². The fourth-order valence-electron chi connectivity index (χ4n) is 6.73. The number of hydrogen-bond donors (Lipinski definition) is 2. The molecule has 0 atom stereocenters. The maximum absolute atomic E-state index is 13.2. The Hall–Kier alpha value is -5.19. The first-order chi connectivity index (χ1) is 28.4. The number of carbonyl (C=O) groups is 4. The zero-order chi connectivity index (χ0) is 42.9. The van der Waals surface area contributed by atoms with Crippen LogP contribution in [-0.4, -0.2) is 105 Å². The average Bonchev–Trinajstić information content (AvgIpc) is 3.71. The Morgan fingerprint density at radius 1 is 0.729 bits per heavy atom. The van der Waals surface area contributed by atoms with E-state index in [1.807, 2.05) is 28.1 Å². The van der Waals surface area contributed by atoms with Gasteiger partial charge in [0, 0.05) is 26.2 Å². The molecule has 0 aliphatic carbocycles. The second-order valence-electron chi connectivity index (χ2n) is 13.9. The summed E-state index contributed by atoms with van der Waals surface area (Å²) >= 11 is 5.65. The number of nitrogens with two attached hydrogens (primary N) is 1. The van der Waals surface area contributed by atoms with Gasteiger partial charge in [-0.2, -0.15) is 10.2 Å². The summed E-state index contributed by atoms with van der Waals surface area (Å²) in [5, 5.41) is 12.2. The van der Waals surface area contributed by atoms with Crippen molar-refractivity contribution in [1.82, 2.24) is 34.7 Å². The van der Waals surface area contributed by atoms with E-state index in [1.165, 1.54) is 35.4 Å². The average molecular weight is 841 g/mol. The summed E-state index contributed by atoms with van der Waals surface area (Å²) in [6.45, 7) is 12.7. The predicted molar refractivity (Wildman–Crippen MR) is 218 cm³/mol. The molecule has 3 N–H and O–H groups in total. The lowest BCUT2D eigenvalue weighted by Crippen LogP contribution is -2.42. The van der Waals surface area contributed by atoms with Crippen LogP contribution >= 0.6 is 11.6 Å². The number of halogens is 3. The van der Waals surface area contributed by atoms with Gasteiger partial charge >= 0.3 is 11.9 Å². The van der Waals surface area contributed by atoms with Gasteiger partial charge < -0.3 is 30.3 Å². The molecule has 4 aromatic rings. The Balaban J connectivity index is 0.000000226. The number of carbonyl (C=O) groups excluding carboxylic acids is 4. The van der Waals surface area contributed by atoms with E-state index in [-0.39, 0.29) is 54.2 Å². The third-order valence-electron chi connectivity index (χ3n) is 9.73. The Morgan fingerprint density at radius 3 is 1.59 bits per heavy atom. The molecular formula is C42H55ClF2N8O6. The number of hydrogen-bond acceptors (Lipinski definition) is 10. The maximum Gasteiger partial charge on any atom is 0.307 e. The highest BCUT2D eigenvalue weighted by Crippen LogP contribution is 2.25. The lowest BCUT2D eigenvalue weighted by molar-refractivity contribution is -0.143. The minimum atomic E-state index is -0.268. The monoisotopic (exact) mass is 840 g/mol. The van der Waals surface area contributed by atoms with Crippen molar-refractivity contribution >= 4 is 35.4 Å². The van der Waals surface area contributed by atoms with Crippen molar-refractivity contribution in [2.75, 3.05) is 51.8 Å². The zero-order valence-electron chi connectivity index (χ0n) is 34.3. The van der Waals surface area contributed by atoms with Crippen molar-refractivity contribution < 1.29 is 37.4 Å². The minimum absolute atomic E-state index is 0.000411. The van der Waals surface area contributed by atoms with E-state index in [2.05, 4.69) is 20.3 Å². The standard InChI is InChI=1S/C21H27FN4O3.C16H17ClFN3O.C5H11NO2/c1-3-29-21(28)8-10-23-12-20(27)25-11-9-18-15(2)24-26(19(18)14-25)13-16-4-6-17(22)7-5-16;1-11-14-6-7-20(16(22)8-17)10-15(14)21(19-11)9-12-2-4-13(18)5-3-12;1-2-8-5(7)3-4-6/h4-7,23H,3,8-14H2,1-2H3;2-5H,6-10H2,1H3;2-4,6H2,1H3. The molecule has 4 heterocycles. The molecule has 14 nitrogen and oxygen atoms in total. The van der Waals surface area contributed by atoms with Gasteiger partial charge in [-0.05, 0) is 87.1 Å². The first kappa shape index (κ1) is 46.5. The highest BCUT2D eigenvalue weighted by Gasteiger charge is 2.27. The van der Waals surface area contributed by atoms with Crippen LogP contribution < -0.4 is 11.1 Å². The van der Waals surface area contributed by atoms with Crippen LogP contribution in [0.25, 0.3) is 0 Å². The van der Waals surface area contributed by atoms with Gasteiger partial charge in [0.2, 0.25) is 11.8 Å². The van der Waals surface area contributed by atoms with E-state index in [0.29, 0.717) is 72.0 Å². The lowest BCUT2D eigenvalue weighted by atomic mass is 10.0. The highest BCUT2D eigenvalue weighted by molar-refractivity contribution is 6.27. The van der Waals surface area contributed by atoms with E-state index < -0.39 is 0 Å². The highest BCUT2D eigenvalue weighted by atomic mass is 35.5. The van der Waals surface area contributed by atoms with Gasteiger partial charge in [0.25, 0.3) is 0 Å². The fourth-order valence-corrected chi connectivity index (χ4v) is 6.90. The molecule has 0 saturated heterocycles. The Bertz CT molecular complexity index is 2000. The number of nitrogens with zero attached hydrogens (tertiary/aromatic N) is 6. The van der Waals surface area contributed by atoms with Crippen molar-refractivity contribution in [2.24, 2.45) is 5.73 Å². The Labute approximate surface area is 348 Å². The molecule has 0 fully saturated rings. The van der Waals surface area contributed by atoms with Gasteiger partial charge in [-0.25, -0.2) is 8.78 Å². The van der Waals surface area contributed by atoms with Crippen molar-refractivity contribution in [3.63, 3.8) is 0 Å². The number of aromatic nitrogens is 4. The van der Waals surface area contributed by atoms with Crippen LogP contribution in [0.5, 0.6) is 0 Å². The van der Waals surface area contributed by atoms with Crippen LogP contribution in [0.3, 0.4) is 0 Å². The molecule has 2 amide bonds. The van der Waals surface area contributed by atoms with Crippen LogP contribution in [0, 0.1) is 25.5 Å². The van der Waals surface area contributed by atoms with Crippen molar-refractivity contribution in [3.8, 4) is 0 Å². The fraction of sp³-hybridized carbons (Fsp3) is 0.476. The zero-order valence-corrected chi connectivity index (χ0v) is 35.0. The predicted octanol–water partition coefficient (Wildman–Crippen LogP) is 4.21. The normalized spacial score (nSPS) is 12.9. The number of fused-ring (bicyclic) bond motifs is 2. The Morgan fingerprint density at radius 2 is 1.17 bits per heavy atom. The summed E-state index contributed by atoms with van der Waals surface area (Å²) in [5.74, 6) is -1.06. The minimum Gasteiger partial charge on any atom is -0.466 e. The molecule has 0 bridgehead atoms. The molecule has 0 saturated carbocycles. The molecule has 0 spiro atoms. The van der Waals surface area contributed by atoms with E-state index in [1.54, 1.807) is 43.0 Å². The molecule has 17 heteroatoms. The molecule has 0 radical (unpaired) electrons. The number of alkyl halides is 1. The smallest absolute Gasteiger partial charge is 0.307 e. The molecule has 2 aliphatic heterocycles. The summed E-state index contributed by atoms with van der Waals surface area (Å²) in [5.41, 5.74) is 13.4. The molecule has 0 unspecified atom stereocenters. The third-order valence-corrected chi connectivity index (χ3v) is 9.96. The second kappa shape index (κ2) is 23.4. The molecule has 2 aromatic carbocycles. The van der Waals surface area contributed by atoms with E-state index >= 15 is 0 Å². The number of ether oxygens (including phenoxy) is 2. The number of benzene rings is 2. The molecule has 320 valence electrons. The van der Waals surface area contributed by atoms with E-state index in [4.69, 9.17) is 22.1 Å². The molecular weight excluding hydrogens is 786 g/mol. The summed E-state index contributed by atoms with van der Waals surface area (Å²) in [6, 6.07) is 12.8. The van der Waals surface area contributed by atoms with Crippen LogP contribution in [-0.2, 0) is 67.7 Å². The van der Waals surface area contributed by atoms with Crippen LogP contribution in [0.15, 0.2) is 48.5 Å². The summed E-state index contributed by atoms with van der Waals surface area (Å²) in [7, 11) is 0. The topological polar surface area (TPSA) is 167 Å². The number of esters is 2. The van der Waals surface area contributed by atoms with Crippen molar-refractivity contribution in [1.29, 1.82) is 0 Å². The molecule has 59 heavy (non-hydrogen) atoms. The molecule has 2 aliphatic rings. The summed E-state index contributed by atoms with van der Waals surface area (Å²) < 4.78 is 39.4. The Kier molecular flexibility index (Phi) is 18.5. The number of amides is 2. The van der Waals surface area contributed by atoms with E-state index in [9.17, 15) is 28.0 Å². The van der Waals surface area contributed by atoms with Gasteiger partial charge in [-0.1, -0.05) is 24.3 Å². The maximum atomic E-state index is 13.2. The molecule has 2 aromatic heterocycles. The largest absolute Gasteiger partial charge is 0.466 e. The van der Waals surface area contributed by atoms with Gasteiger partial charge in [-0.15, -0.1) is 11.6 Å². The van der Waals surface area contributed by atoms with Crippen LogP contribution in [0.2, 0.25) is 0 Å². The van der Waals surface area contributed by atoms with Crippen LogP contribution in [0.4, 0.5) is 8.78 Å². The third kappa shape index (κ3) is 14.0. The number of aryl methyl sites for hydroxylation is 2. The quantitative estimate of drug-likeness (QED) is 0.107. The van der Waals surface area contributed by atoms with E-state index in [0.717, 1.165) is 46.7 Å². The number of nitrogens with one attached hydrogen (secondary N) is 1. The first-order valence-electron chi connectivity index (χ1n) is 19.8. The van der Waals surface area contributed by atoms with Crippen LogP contribution in [0.1, 0.15) is 71.7 Å². The number of rotatable bonds is 14. The lowest BCUT2D eigenvalue weighted by Gasteiger charge is -2.28. The molecule has 6 rings (SSSR count). The van der Waals surface area contributed by atoms with Gasteiger partial charge in [-0.3, -0.25) is 28.5 Å². The van der Waals surface area contributed by atoms with Crippen molar-refractivity contribution in [2.45, 2.75) is 79.6 Å². The van der Waals surface area contributed by atoms with Gasteiger partial charge in [0.1, 0.15) is 17.5 Å². The second-order valence-corrected chi connectivity index (χ2v) is 14.2. The van der Waals surface area contributed by atoms with Gasteiger partial charge in [0.15, 0.2) is 0 Å². The summed E-state index contributed by atoms with van der Waals surface area (Å²) in [6.07, 6.45) is 2.13.